The van der Waals surface area contributed by atoms with E-state index in [4.69, 9.17) is 10.3 Å². The van der Waals surface area contributed by atoms with Crippen LogP contribution < -0.4 is 5.73 Å². The molecule has 4 nitrogen and oxygen atoms in total. The van der Waals surface area contributed by atoms with E-state index in [1.165, 1.54) is 5.56 Å². The Morgan fingerprint density at radius 3 is 2.21 bits per heavy atom. The van der Waals surface area contributed by atoms with Gasteiger partial charge in [-0.3, -0.25) is 4.55 Å². The zero-order chi connectivity index (χ0) is 11.2. The molecule has 14 heavy (non-hydrogen) atoms. The van der Waals surface area contributed by atoms with E-state index in [0.717, 1.165) is 12.1 Å². The minimum absolute atomic E-state index is 0.715. The molecular weight excluding hydrogens is 202 g/mol. The van der Waals surface area contributed by atoms with Crippen LogP contribution in [-0.2, 0) is 16.5 Å². The lowest BCUT2D eigenvalue weighted by atomic mass is 10.1. The van der Waals surface area contributed by atoms with E-state index in [0.29, 0.717) is 6.26 Å². The Kier molecular flexibility index (Phi) is 5.19. The highest BCUT2D eigenvalue weighted by Gasteiger charge is 1.86. The summed E-state index contributed by atoms with van der Waals surface area (Å²) in [5.74, 6) is 0. The molecule has 0 aliphatic rings. The zero-order valence-electron chi connectivity index (χ0n) is 8.27. The average molecular weight is 217 g/mol. The summed E-state index contributed by atoms with van der Waals surface area (Å²) in [6.07, 6.45) is 1.78. The molecule has 3 N–H and O–H groups in total. The van der Waals surface area contributed by atoms with Crippen molar-refractivity contribution in [3.8, 4) is 0 Å². The van der Waals surface area contributed by atoms with Crippen molar-refractivity contribution in [1.29, 1.82) is 0 Å². The van der Waals surface area contributed by atoms with Crippen molar-refractivity contribution in [2.24, 2.45) is 0 Å². The molecule has 1 rings (SSSR count). The van der Waals surface area contributed by atoms with E-state index >= 15 is 0 Å². The SMILES string of the molecule is CCc1cccc(N)c1.CS(=O)(=O)O. The zero-order valence-corrected chi connectivity index (χ0v) is 9.08. The lowest BCUT2D eigenvalue weighted by Gasteiger charge is -1.95. The summed E-state index contributed by atoms with van der Waals surface area (Å²) in [6.45, 7) is 2.12. The molecule has 0 amide bonds. The summed E-state index contributed by atoms with van der Waals surface area (Å²) in [7, 11) is -3.67. The topological polar surface area (TPSA) is 80.4 Å². The second-order valence-electron chi connectivity index (χ2n) is 2.83. The Balaban J connectivity index is 0.000000292. The van der Waals surface area contributed by atoms with Crippen LogP contribution in [-0.4, -0.2) is 19.2 Å². The quantitative estimate of drug-likeness (QED) is 0.549. The summed E-state index contributed by atoms with van der Waals surface area (Å²) in [6, 6.07) is 7.96. The molecule has 0 aliphatic carbocycles. The van der Waals surface area contributed by atoms with Gasteiger partial charge in [-0.2, -0.15) is 8.42 Å². The number of benzene rings is 1. The van der Waals surface area contributed by atoms with Gasteiger partial charge in [0.15, 0.2) is 0 Å². The molecule has 0 atom stereocenters. The van der Waals surface area contributed by atoms with Crippen molar-refractivity contribution in [3.05, 3.63) is 29.8 Å². The largest absolute Gasteiger partial charge is 0.399 e. The van der Waals surface area contributed by atoms with E-state index in [2.05, 4.69) is 13.0 Å². The number of hydrogen-bond donors (Lipinski definition) is 2. The fraction of sp³-hybridized carbons (Fsp3) is 0.333. The molecule has 80 valence electrons. The lowest BCUT2D eigenvalue weighted by Crippen LogP contribution is -1.88. The molecule has 0 aromatic heterocycles. The van der Waals surface area contributed by atoms with Crippen LogP contribution in [0.1, 0.15) is 12.5 Å². The summed E-state index contributed by atoms with van der Waals surface area (Å²) in [5, 5.41) is 0. The third-order valence-electron chi connectivity index (χ3n) is 1.36. The highest BCUT2D eigenvalue weighted by molar-refractivity contribution is 7.85. The third kappa shape index (κ3) is 9.02. The minimum atomic E-state index is -3.67. The molecule has 0 unspecified atom stereocenters. The van der Waals surface area contributed by atoms with Gasteiger partial charge < -0.3 is 5.73 Å². The number of rotatable bonds is 1. The first kappa shape index (κ1) is 12.9. The normalized spacial score (nSPS) is 10.2. The fourth-order valence-electron chi connectivity index (χ4n) is 0.813. The Hall–Kier alpha value is -1.07. The first-order valence-corrected chi connectivity index (χ1v) is 5.94. The Morgan fingerprint density at radius 1 is 1.43 bits per heavy atom. The van der Waals surface area contributed by atoms with Crippen molar-refractivity contribution in [2.75, 3.05) is 12.0 Å². The van der Waals surface area contributed by atoms with Crippen molar-refractivity contribution in [2.45, 2.75) is 13.3 Å². The molecule has 1 aromatic carbocycles. The Bertz CT molecular complexity index is 365. The standard InChI is InChI=1S/C8H11N.CH4O3S/c1-2-7-4-3-5-8(9)6-7;1-5(2,3)4/h3-6H,2,9H2,1H3;1H3,(H,2,3,4). The monoisotopic (exact) mass is 217 g/mol. The van der Waals surface area contributed by atoms with E-state index < -0.39 is 10.1 Å². The lowest BCUT2D eigenvalue weighted by molar-refractivity contribution is 0.490. The molecule has 0 aliphatic heterocycles. The van der Waals surface area contributed by atoms with E-state index in [1.54, 1.807) is 0 Å². The van der Waals surface area contributed by atoms with Crippen LogP contribution in [0.4, 0.5) is 5.69 Å². The van der Waals surface area contributed by atoms with Gasteiger partial charge in [0.1, 0.15) is 0 Å². The molecule has 0 radical (unpaired) electrons. The highest BCUT2D eigenvalue weighted by atomic mass is 32.2. The van der Waals surface area contributed by atoms with Gasteiger partial charge >= 0.3 is 0 Å². The molecule has 5 heteroatoms. The predicted octanol–water partition coefficient (Wildman–Crippen LogP) is 1.34. The van der Waals surface area contributed by atoms with Crippen molar-refractivity contribution in [1.82, 2.24) is 0 Å². The van der Waals surface area contributed by atoms with Crippen molar-refractivity contribution < 1.29 is 13.0 Å². The van der Waals surface area contributed by atoms with Crippen LogP contribution in [0.3, 0.4) is 0 Å². The molecule has 0 fully saturated rings. The summed E-state index contributed by atoms with van der Waals surface area (Å²) >= 11 is 0. The van der Waals surface area contributed by atoms with Crippen LogP contribution >= 0.6 is 0 Å². The first-order chi connectivity index (χ1) is 6.33. The number of hydrogen-bond acceptors (Lipinski definition) is 3. The van der Waals surface area contributed by atoms with Gasteiger partial charge in [-0.05, 0) is 24.1 Å². The van der Waals surface area contributed by atoms with E-state index in [1.807, 2.05) is 18.2 Å². The van der Waals surface area contributed by atoms with Gasteiger partial charge in [0.2, 0.25) is 0 Å². The van der Waals surface area contributed by atoms with Gasteiger partial charge in [0.05, 0.1) is 6.26 Å². The molecule has 0 heterocycles. The smallest absolute Gasteiger partial charge is 0.261 e. The average Bonchev–Trinajstić information content (AvgIpc) is 2.01. The van der Waals surface area contributed by atoms with E-state index in [9.17, 15) is 8.42 Å². The number of aryl methyl sites for hydroxylation is 1. The molecule has 1 aromatic rings. The predicted molar refractivity (Wildman–Crippen MR) is 57.7 cm³/mol. The van der Waals surface area contributed by atoms with Crippen LogP contribution in [0.25, 0.3) is 0 Å². The maximum absolute atomic E-state index is 9.19. The summed E-state index contributed by atoms with van der Waals surface area (Å²) < 4.78 is 25.9. The summed E-state index contributed by atoms with van der Waals surface area (Å²) in [5.41, 5.74) is 7.69. The molecule has 0 saturated heterocycles. The van der Waals surface area contributed by atoms with Crippen molar-refractivity contribution in [3.63, 3.8) is 0 Å². The molecular formula is C9H15NO3S. The van der Waals surface area contributed by atoms with Crippen molar-refractivity contribution >= 4 is 15.8 Å². The van der Waals surface area contributed by atoms with Gasteiger partial charge in [0, 0.05) is 5.69 Å². The maximum atomic E-state index is 9.19. The van der Waals surface area contributed by atoms with Crippen LogP contribution in [0.2, 0.25) is 0 Å². The van der Waals surface area contributed by atoms with Gasteiger partial charge in [-0.1, -0.05) is 19.1 Å². The summed E-state index contributed by atoms with van der Waals surface area (Å²) in [4.78, 5) is 0. The van der Waals surface area contributed by atoms with Crippen LogP contribution in [0.5, 0.6) is 0 Å². The molecule has 0 spiro atoms. The Morgan fingerprint density at radius 2 is 1.93 bits per heavy atom. The number of nitrogens with two attached hydrogens (primary N) is 1. The van der Waals surface area contributed by atoms with Crippen LogP contribution in [0, 0.1) is 0 Å². The minimum Gasteiger partial charge on any atom is -0.399 e. The third-order valence-corrected chi connectivity index (χ3v) is 1.36. The van der Waals surface area contributed by atoms with Gasteiger partial charge in [-0.15, -0.1) is 0 Å². The second-order valence-corrected chi connectivity index (χ2v) is 4.30. The van der Waals surface area contributed by atoms with Gasteiger partial charge in [-0.25, -0.2) is 0 Å². The van der Waals surface area contributed by atoms with Crippen LogP contribution in [0.15, 0.2) is 24.3 Å². The number of anilines is 1. The molecule has 0 saturated carbocycles. The fourth-order valence-corrected chi connectivity index (χ4v) is 0.813. The van der Waals surface area contributed by atoms with Gasteiger partial charge in [0.25, 0.3) is 10.1 Å². The Labute approximate surface area is 84.5 Å². The highest BCUT2D eigenvalue weighted by Crippen LogP contribution is 2.05. The second kappa shape index (κ2) is 5.62. The van der Waals surface area contributed by atoms with E-state index in [-0.39, 0.29) is 0 Å². The molecule has 0 bridgehead atoms. The number of nitrogen functional groups attached to an aromatic ring is 1. The maximum Gasteiger partial charge on any atom is 0.261 e. The first-order valence-electron chi connectivity index (χ1n) is 4.09.